The summed E-state index contributed by atoms with van der Waals surface area (Å²) in [6.45, 7) is 4.32. The van der Waals surface area contributed by atoms with Crippen LogP contribution in [0.4, 0.5) is 5.69 Å². The van der Waals surface area contributed by atoms with Gasteiger partial charge in [0.05, 0.1) is 13.0 Å². The topological polar surface area (TPSA) is 49.4 Å². The molecule has 1 N–H and O–H groups in total. The Morgan fingerprint density at radius 2 is 1.52 bits per heavy atom. The van der Waals surface area contributed by atoms with Gasteiger partial charge in [0, 0.05) is 17.8 Å². The van der Waals surface area contributed by atoms with Gasteiger partial charge in [-0.2, -0.15) is 0 Å². The fourth-order valence-corrected chi connectivity index (χ4v) is 3.28. The molecule has 0 saturated carbocycles. The van der Waals surface area contributed by atoms with Crippen LogP contribution >= 0.6 is 0 Å². The highest BCUT2D eigenvalue weighted by Gasteiger charge is 2.15. The van der Waals surface area contributed by atoms with Crippen molar-refractivity contribution in [3.05, 3.63) is 108 Å². The van der Waals surface area contributed by atoms with Crippen LogP contribution in [0.15, 0.2) is 91.0 Å². The van der Waals surface area contributed by atoms with Crippen LogP contribution in [0, 0.1) is 0 Å². The number of nitrogens with one attached hydrogen (secondary N) is 1. The second kappa shape index (κ2) is 10.9. The van der Waals surface area contributed by atoms with Crippen molar-refractivity contribution in [1.82, 2.24) is 5.32 Å². The second-order valence-corrected chi connectivity index (χ2v) is 7.72. The molecule has 0 bridgehead atoms. The van der Waals surface area contributed by atoms with E-state index in [1.165, 1.54) is 0 Å². The summed E-state index contributed by atoms with van der Waals surface area (Å²) in [4.78, 5) is 27.1. The van der Waals surface area contributed by atoms with E-state index >= 15 is 0 Å². The lowest BCUT2D eigenvalue weighted by Crippen LogP contribution is -2.31. The molecule has 0 aliphatic rings. The van der Waals surface area contributed by atoms with E-state index in [0.717, 1.165) is 22.4 Å². The molecule has 0 atom stereocenters. The van der Waals surface area contributed by atoms with Crippen molar-refractivity contribution in [2.75, 3.05) is 4.90 Å². The maximum absolute atomic E-state index is 13.2. The molecule has 158 valence electrons. The Kier molecular flexibility index (Phi) is 7.77. The van der Waals surface area contributed by atoms with E-state index < -0.39 is 0 Å². The van der Waals surface area contributed by atoms with Gasteiger partial charge < -0.3 is 10.2 Å². The second-order valence-electron chi connectivity index (χ2n) is 7.72. The first-order chi connectivity index (χ1) is 15.0. The molecular weight excluding hydrogens is 384 g/mol. The Balaban J connectivity index is 1.85. The van der Waals surface area contributed by atoms with Crippen LogP contribution in [0.25, 0.3) is 6.08 Å². The third-order valence-corrected chi connectivity index (χ3v) is 4.70. The number of carbonyl (C=O) groups is 2. The number of carbonyl (C=O) groups excluding carboxylic acids is 2. The van der Waals surface area contributed by atoms with Gasteiger partial charge in [0.2, 0.25) is 5.91 Å². The molecule has 0 aromatic heterocycles. The molecule has 0 unspecified atom stereocenters. The Bertz CT molecular complexity index is 1030. The lowest BCUT2D eigenvalue weighted by Gasteiger charge is -2.22. The van der Waals surface area contributed by atoms with Gasteiger partial charge >= 0.3 is 0 Å². The van der Waals surface area contributed by atoms with E-state index in [1.807, 2.05) is 105 Å². The molecule has 3 aromatic carbocycles. The fourth-order valence-electron chi connectivity index (χ4n) is 3.28. The number of rotatable bonds is 8. The molecule has 31 heavy (non-hydrogen) atoms. The third kappa shape index (κ3) is 6.96. The minimum atomic E-state index is -0.114. The molecule has 3 aromatic rings. The maximum atomic E-state index is 13.2. The van der Waals surface area contributed by atoms with Crippen molar-refractivity contribution in [1.29, 1.82) is 0 Å². The number of hydrogen-bond donors (Lipinski definition) is 1. The van der Waals surface area contributed by atoms with Gasteiger partial charge in [-0.25, -0.2) is 0 Å². The molecule has 3 rings (SSSR count). The predicted octanol–water partition coefficient (Wildman–Crippen LogP) is 5.00. The van der Waals surface area contributed by atoms with Gasteiger partial charge in [-0.1, -0.05) is 72.8 Å². The van der Waals surface area contributed by atoms with Gasteiger partial charge in [-0.3, -0.25) is 9.59 Å². The highest BCUT2D eigenvalue weighted by molar-refractivity contribution is 6.03. The summed E-state index contributed by atoms with van der Waals surface area (Å²) in [6.07, 6.45) is 3.69. The van der Waals surface area contributed by atoms with Gasteiger partial charge in [-0.15, -0.1) is 0 Å². The normalized spacial score (nSPS) is 10.9. The van der Waals surface area contributed by atoms with E-state index in [2.05, 4.69) is 5.32 Å². The monoisotopic (exact) mass is 412 g/mol. The summed E-state index contributed by atoms with van der Waals surface area (Å²) < 4.78 is 0. The van der Waals surface area contributed by atoms with Crippen LogP contribution < -0.4 is 10.2 Å². The zero-order valence-corrected chi connectivity index (χ0v) is 18.0. The Morgan fingerprint density at radius 3 is 2.19 bits per heavy atom. The first kappa shape index (κ1) is 22.0. The first-order valence-electron chi connectivity index (χ1n) is 10.5. The van der Waals surface area contributed by atoms with Gasteiger partial charge in [-0.05, 0) is 48.7 Å². The average Bonchev–Trinajstić information content (AvgIpc) is 2.77. The van der Waals surface area contributed by atoms with Gasteiger partial charge in [0.25, 0.3) is 5.91 Å². The van der Waals surface area contributed by atoms with Crippen LogP contribution in [0.3, 0.4) is 0 Å². The smallest absolute Gasteiger partial charge is 0.251 e. The van der Waals surface area contributed by atoms with Crippen molar-refractivity contribution < 1.29 is 9.59 Å². The first-order valence-corrected chi connectivity index (χ1v) is 10.5. The molecule has 0 aliphatic carbocycles. The van der Waals surface area contributed by atoms with Crippen LogP contribution in [-0.2, 0) is 22.6 Å². The number of benzene rings is 3. The Labute approximate surface area is 184 Å². The highest BCUT2D eigenvalue weighted by Crippen LogP contribution is 2.20. The van der Waals surface area contributed by atoms with Crippen LogP contribution in [0.5, 0.6) is 0 Å². The summed E-state index contributed by atoms with van der Waals surface area (Å²) in [5.41, 5.74) is 3.64. The maximum Gasteiger partial charge on any atom is 0.251 e. The highest BCUT2D eigenvalue weighted by atomic mass is 16.2. The van der Waals surface area contributed by atoms with E-state index in [-0.39, 0.29) is 24.3 Å². The molecule has 0 spiro atoms. The molecule has 0 saturated heterocycles. The van der Waals surface area contributed by atoms with Crippen LogP contribution in [-0.4, -0.2) is 17.9 Å². The average molecular weight is 413 g/mol. The number of hydrogen-bond acceptors (Lipinski definition) is 2. The Morgan fingerprint density at radius 1 is 0.871 bits per heavy atom. The van der Waals surface area contributed by atoms with E-state index in [0.29, 0.717) is 6.54 Å². The number of amides is 2. The van der Waals surface area contributed by atoms with Gasteiger partial charge in [0.1, 0.15) is 0 Å². The lowest BCUT2D eigenvalue weighted by molar-refractivity contribution is -0.121. The summed E-state index contributed by atoms with van der Waals surface area (Å²) in [7, 11) is 0. The zero-order chi connectivity index (χ0) is 22.1. The SMILES string of the molecule is CC(C)NC(=O)Cc1cccc(N(Cc2ccccc2)C(=O)/C=C/c2ccccc2)c1. The molecule has 4 heteroatoms. The molecule has 4 nitrogen and oxygen atoms in total. The predicted molar refractivity (Wildman–Crippen MR) is 127 cm³/mol. The van der Waals surface area contributed by atoms with Crippen molar-refractivity contribution >= 4 is 23.6 Å². The van der Waals surface area contributed by atoms with Crippen molar-refractivity contribution in [3.8, 4) is 0 Å². The van der Waals surface area contributed by atoms with E-state index in [4.69, 9.17) is 0 Å². The fraction of sp³-hybridized carbons (Fsp3) is 0.185. The lowest BCUT2D eigenvalue weighted by atomic mass is 10.1. The zero-order valence-electron chi connectivity index (χ0n) is 18.0. The number of nitrogens with zero attached hydrogens (tertiary/aromatic N) is 1. The minimum Gasteiger partial charge on any atom is -0.354 e. The third-order valence-electron chi connectivity index (χ3n) is 4.70. The van der Waals surface area contributed by atoms with Crippen LogP contribution in [0.1, 0.15) is 30.5 Å². The quantitative estimate of drug-likeness (QED) is 0.529. The molecule has 0 heterocycles. The molecule has 2 amide bonds. The largest absolute Gasteiger partial charge is 0.354 e. The number of anilines is 1. The summed E-state index contributed by atoms with van der Waals surface area (Å²) in [6, 6.07) is 27.3. The minimum absolute atomic E-state index is 0.0305. The van der Waals surface area contributed by atoms with Crippen molar-refractivity contribution in [2.24, 2.45) is 0 Å². The van der Waals surface area contributed by atoms with Crippen molar-refractivity contribution in [3.63, 3.8) is 0 Å². The van der Waals surface area contributed by atoms with Crippen LogP contribution in [0.2, 0.25) is 0 Å². The Hall–Kier alpha value is -3.66. The molecule has 0 fully saturated rings. The molecular formula is C27H28N2O2. The summed E-state index contributed by atoms with van der Waals surface area (Å²) in [5.74, 6) is -0.145. The van der Waals surface area contributed by atoms with E-state index in [9.17, 15) is 9.59 Å². The van der Waals surface area contributed by atoms with E-state index in [1.54, 1.807) is 11.0 Å². The van der Waals surface area contributed by atoms with Gasteiger partial charge in [0.15, 0.2) is 0 Å². The summed E-state index contributed by atoms with van der Waals surface area (Å²) >= 11 is 0. The molecule has 0 aliphatic heterocycles. The van der Waals surface area contributed by atoms with Crippen molar-refractivity contribution in [2.45, 2.75) is 32.9 Å². The molecule has 0 radical (unpaired) electrons. The summed E-state index contributed by atoms with van der Waals surface area (Å²) in [5, 5.41) is 2.91. The standard InChI is InChI=1S/C27H28N2O2/c1-21(2)28-26(30)19-24-14-9-15-25(18-24)29(20-23-12-7-4-8-13-23)27(31)17-16-22-10-5-3-6-11-22/h3-18,21H,19-20H2,1-2H3,(H,28,30)/b17-16+.